The molecule has 1 N–H and O–H groups in total. The van der Waals surface area contributed by atoms with Crippen molar-refractivity contribution in [3.05, 3.63) is 29.8 Å². The summed E-state index contributed by atoms with van der Waals surface area (Å²) in [6.07, 6.45) is 2.33. The number of carbonyl (C=O) groups excluding carboxylic acids is 1. The van der Waals surface area contributed by atoms with Crippen LogP contribution < -0.4 is 10.2 Å². The molecule has 1 aromatic carbocycles. The molecule has 0 aromatic heterocycles. The SMILES string of the molecule is CC(C)N1CCN(c2ccc(C(=O)NC[C@@H]3CCCO3)cc2)CC1. The number of amides is 1. The molecule has 1 atom stereocenters. The van der Waals surface area contributed by atoms with Crippen LogP contribution in [0, 0.1) is 0 Å². The van der Waals surface area contributed by atoms with Crippen LogP contribution in [0.3, 0.4) is 0 Å². The molecule has 2 heterocycles. The normalized spacial score (nSPS) is 22.1. The number of nitrogens with zero attached hydrogens (tertiary/aromatic N) is 2. The predicted octanol–water partition coefficient (Wildman–Crippen LogP) is 2.13. The molecule has 24 heavy (non-hydrogen) atoms. The molecule has 132 valence electrons. The van der Waals surface area contributed by atoms with Crippen LogP contribution in [0.4, 0.5) is 5.69 Å². The molecule has 0 unspecified atom stereocenters. The Bertz CT molecular complexity index is 530. The number of ether oxygens (including phenoxy) is 1. The average molecular weight is 331 g/mol. The molecule has 2 aliphatic rings. The lowest BCUT2D eigenvalue weighted by atomic mass is 10.1. The van der Waals surface area contributed by atoms with Gasteiger partial charge >= 0.3 is 0 Å². The fourth-order valence-electron chi connectivity index (χ4n) is 3.43. The van der Waals surface area contributed by atoms with Gasteiger partial charge in [-0.25, -0.2) is 0 Å². The number of rotatable bonds is 5. The minimum absolute atomic E-state index is 0.0123. The summed E-state index contributed by atoms with van der Waals surface area (Å²) in [4.78, 5) is 17.1. The zero-order chi connectivity index (χ0) is 16.9. The summed E-state index contributed by atoms with van der Waals surface area (Å²) in [5, 5.41) is 2.97. The van der Waals surface area contributed by atoms with Crippen molar-refractivity contribution in [2.75, 3.05) is 44.2 Å². The van der Waals surface area contributed by atoms with E-state index in [9.17, 15) is 4.79 Å². The number of benzene rings is 1. The highest BCUT2D eigenvalue weighted by Gasteiger charge is 2.20. The summed E-state index contributed by atoms with van der Waals surface area (Å²) in [5.74, 6) is -0.0123. The summed E-state index contributed by atoms with van der Waals surface area (Å²) in [6, 6.07) is 8.59. The van der Waals surface area contributed by atoms with E-state index in [4.69, 9.17) is 4.74 Å². The largest absolute Gasteiger partial charge is 0.376 e. The van der Waals surface area contributed by atoms with Crippen LogP contribution in [0.2, 0.25) is 0 Å². The zero-order valence-corrected chi connectivity index (χ0v) is 14.8. The van der Waals surface area contributed by atoms with Crippen LogP contribution >= 0.6 is 0 Å². The van der Waals surface area contributed by atoms with E-state index >= 15 is 0 Å². The van der Waals surface area contributed by atoms with Crippen molar-refractivity contribution in [3.63, 3.8) is 0 Å². The molecule has 1 aromatic rings. The molecule has 3 rings (SSSR count). The van der Waals surface area contributed by atoms with E-state index < -0.39 is 0 Å². The van der Waals surface area contributed by atoms with Crippen LogP contribution in [0.1, 0.15) is 37.0 Å². The molecule has 0 aliphatic carbocycles. The second-order valence-corrected chi connectivity index (χ2v) is 7.01. The number of hydrogen-bond donors (Lipinski definition) is 1. The van der Waals surface area contributed by atoms with E-state index in [2.05, 4.69) is 41.1 Å². The smallest absolute Gasteiger partial charge is 0.251 e. The van der Waals surface area contributed by atoms with Gasteiger partial charge in [0, 0.05) is 56.6 Å². The van der Waals surface area contributed by atoms with Crippen LogP contribution in [-0.2, 0) is 4.74 Å². The highest BCUT2D eigenvalue weighted by Crippen LogP contribution is 2.18. The summed E-state index contributed by atoms with van der Waals surface area (Å²) in [6.45, 7) is 10.2. The van der Waals surface area contributed by atoms with Crippen LogP contribution in [0.15, 0.2) is 24.3 Å². The van der Waals surface area contributed by atoms with Crippen molar-refractivity contribution in [3.8, 4) is 0 Å². The first-order valence-corrected chi connectivity index (χ1v) is 9.12. The van der Waals surface area contributed by atoms with E-state index in [1.54, 1.807) is 0 Å². The van der Waals surface area contributed by atoms with Gasteiger partial charge in [-0.05, 0) is 51.0 Å². The number of nitrogens with one attached hydrogen (secondary N) is 1. The number of hydrogen-bond acceptors (Lipinski definition) is 4. The molecule has 1 amide bonds. The second kappa shape index (κ2) is 7.99. The molecule has 0 saturated carbocycles. The van der Waals surface area contributed by atoms with Crippen molar-refractivity contribution in [1.82, 2.24) is 10.2 Å². The topological polar surface area (TPSA) is 44.8 Å². The Labute approximate surface area is 145 Å². The van der Waals surface area contributed by atoms with Crippen molar-refractivity contribution >= 4 is 11.6 Å². The number of piperazine rings is 1. The quantitative estimate of drug-likeness (QED) is 0.898. The lowest BCUT2D eigenvalue weighted by Gasteiger charge is -2.38. The first-order chi connectivity index (χ1) is 11.6. The van der Waals surface area contributed by atoms with Crippen molar-refractivity contribution in [2.45, 2.75) is 38.8 Å². The highest BCUT2D eigenvalue weighted by molar-refractivity contribution is 5.94. The molecule has 0 radical (unpaired) electrons. The Morgan fingerprint density at radius 2 is 1.92 bits per heavy atom. The minimum Gasteiger partial charge on any atom is -0.376 e. The fourth-order valence-corrected chi connectivity index (χ4v) is 3.43. The van der Waals surface area contributed by atoms with Crippen LogP contribution in [-0.4, -0.2) is 62.3 Å². The lowest BCUT2D eigenvalue weighted by Crippen LogP contribution is -2.48. The van der Waals surface area contributed by atoms with Crippen LogP contribution in [0.5, 0.6) is 0 Å². The molecule has 2 aliphatic heterocycles. The Morgan fingerprint density at radius 1 is 1.21 bits per heavy atom. The summed E-state index contributed by atoms with van der Waals surface area (Å²) in [5.41, 5.74) is 1.92. The first-order valence-electron chi connectivity index (χ1n) is 9.12. The fraction of sp³-hybridized carbons (Fsp3) is 0.632. The van der Waals surface area contributed by atoms with Gasteiger partial charge in [-0.3, -0.25) is 9.69 Å². The van der Waals surface area contributed by atoms with Gasteiger partial charge in [-0.15, -0.1) is 0 Å². The highest BCUT2D eigenvalue weighted by atomic mass is 16.5. The molecule has 5 heteroatoms. The zero-order valence-electron chi connectivity index (χ0n) is 14.8. The van der Waals surface area contributed by atoms with Crippen molar-refractivity contribution in [2.24, 2.45) is 0 Å². The minimum atomic E-state index is -0.0123. The Kier molecular flexibility index (Phi) is 5.74. The molecule has 2 saturated heterocycles. The van der Waals surface area contributed by atoms with Gasteiger partial charge in [0.2, 0.25) is 0 Å². The maximum absolute atomic E-state index is 12.2. The van der Waals surface area contributed by atoms with Gasteiger partial charge < -0.3 is 15.0 Å². The molecule has 0 spiro atoms. The van der Waals surface area contributed by atoms with E-state index in [1.807, 2.05) is 12.1 Å². The first kappa shape index (κ1) is 17.2. The predicted molar refractivity (Wildman–Crippen MR) is 96.7 cm³/mol. The maximum atomic E-state index is 12.2. The van der Waals surface area contributed by atoms with E-state index in [-0.39, 0.29) is 12.0 Å². The van der Waals surface area contributed by atoms with Gasteiger partial charge in [0.25, 0.3) is 5.91 Å². The third kappa shape index (κ3) is 4.28. The Balaban J connectivity index is 1.50. The summed E-state index contributed by atoms with van der Waals surface area (Å²) < 4.78 is 5.54. The monoisotopic (exact) mass is 331 g/mol. The van der Waals surface area contributed by atoms with Gasteiger partial charge in [-0.1, -0.05) is 0 Å². The Hall–Kier alpha value is -1.59. The van der Waals surface area contributed by atoms with Gasteiger partial charge in [0.15, 0.2) is 0 Å². The van der Waals surface area contributed by atoms with E-state index in [0.29, 0.717) is 12.6 Å². The molecular weight excluding hydrogens is 302 g/mol. The van der Waals surface area contributed by atoms with Crippen LogP contribution in [0.25, 0.3) is 0 Å². The summed E-state index contributed by atoms with van der Waals surface area (Å²) in [7, 11) is 0. The molecule has 5 nitrogen and oxygen atoms in total. The molecule has 0 bridgehead atoms. The van der Waals surface area contributed by atoms with E-state index in [0.717, 1.165) is 51.2 Å². The number of carbonyl (C=O) groups is 1. The van der Waals surface area contributed by atoms with Crippen molar-refractivity contribution in [1.29, 1.82) is 0 Å². The van der Waals surface area contributed by atoms with Crippen molar-refractivity contribution < 1.29 is 9.53 Å². The average Bonchev–Trinajstić information content (AvgIpc) is 3.13. The molecular formula is C19H29N3O2. The second-order valence-electron chi connectivity index (χ2n) is 7.01. The standard InChI is InChI=1S/C19H29N3O2/c1-15(2)21-9-11-22(12-10-21)17-7-5-16(6-8-17)19(23)20-14-18-4-3-13-24-18/h5-8,15,18H,3-4,9-14H2,1-2H3,(H,20,23)/t18-/m0/s1. The van der Waals surface area contributed by atoms with Gasteiger partial charge in [0.05, 0.1) is 6.10 Å². The van der Waals surface area contributed by atoms with Gasteiger partial charge in [-0.2, -0.15) is 0 Å². The Morgan fingerprint density at radius 3 is 2.50 bits per heavy atom. The number of anilines is 1. The summed E-state index contributed by atoms with van der Waals surface area (Å²) >= 11 is 0. The molecule has 2 fully saturated rings. The van der Waals surface area contributed by atoms with E-state index in [1.165, 1.54) is 5.69 Å². The third-order valence-electron chi connectivity index (χ3n) is 5.05. The lowest BCUT2D eigenvalue weighted by molar-refractivity contribution is 0.0858. The maximum Gasteiger partial charge on any atom is 0.251 e. The third-order valence-corrected chi connectivity index (χ3v) is 5.05. The van der Waals surface area contributed by atoms with Gasteiger partial charge in [0.1, 0.15) is 0 Å².